The zero-order valence-electron chi connectivity index (χ0n) is 17.0. The molecule has 0 unspecified atom stereocenters. The van der Waals surface area contributed by atoms with Crippen LogP contribution in [0.1, 0.15) is 72.5 Å². The Morgan fingerprint density at radius 2 is 1.81 bits per heavy atom. The quantitative estimate of drug-likeness (QED) is 0.642. The van der Waals surface area contributed by atoms with E-state index in [1.165, 1.54) is 18.6 Å². The largest absolute Gasteiger partial charge is 0.416 e. The van der Waals surface area contributed by atoms with Crippen LogP contribution in [0.25, 0.3) is 0 Å². The van der Waals surface area contributed by atoms with Gasteiger partial charge in [0, 0.05) is 29.5 Å². The first-order valence-corrected chi connectivity index (χ1v) is 10.6. The molecule has 4 rings (SSSR count). The summed E-state index contributed by atoms with van der Waals surface area (Å²) in [7, 11) is 0. The number of carbonyl (C=O) groups is 2. The van der Waals surface area contributed by atoms with Crippen LogP contribution in [0.2, 0.25) is 0 Å². The molecule has 0 radical (unpaired) electrons. The second-order valence-electron chi connectivity index (χ2n) is 8.45. The number of carbonyl (C=O) groups excluding carboxylic acids is 2. The van der Waals surface area contributed by atoms with Crippen LogP contribution in [0.15, 0.2) is 30.3 Å². The number of aromatic amines is 1. The molecule has 31 heavy (non-hydrogen) atoms. The summed E-state index contributed by atoms with van der Waals surface area (Å²) >= 11 is 0. The van der Waals surface area contributed by atoms with E-state index in [1.54, 1.807) is 0 Å². The lowest BCUT2D eigenvalue weighted by Gasteiger charge is -2.34. The topological polar surface area (TPSA) is 86.9 Å². The summed E-state index contributed by atoms with van der Waals surface area (Å²) in [5.74, 6) is 0.261. The van der Waals surface area contributed by atoms with Gasteiger partial charge in [0.2, 0.25) is 5.91 Å². The van der Waals surface area contributed by atoms with Crippen molar-refractivity contribution in [3.63, 3.8) is 0 Å². The highest BCUT2D eigenvalue weighted by molar-refractivity contribution is 5.94. The summed E-state index contributed by atoms with van der Waals surface area (Å²) in [6, 6.07) is 6.10. The zero-order valence-corrected chi connectivity index (χ0v) is 17.0. The molecule has 166 valence electrons. The van der Waals surface area contributed by atoms with Crippen molar-refractivity contribution >= 4 is 17.6 Å². The standard InChI is InChI=1S/C22H25F3N4O2/c23-22(24,25)16-8-4-7-14(9-16)21(31)26-17-10-15(11-17)18-12-19(29-28-18)27-20(30)13-5-2-1-3-6-13/h4,7-9,12-13,15,17H,1-3,5-6,10-11H2,(H,26,31)(H2,27,28,29,30). The minimum absolute atomic E-state index is 0.00856. The van der Waals surface area contributed by atoms with Crippen LogP contribution in [0.4, 0.5) is 19.0 Å². The Bertz CT molecular complexity index is 944. The van der Waals surface area contributed by atoms with E-state index in [0.717, 1.165) is 43.5 Å². The van der Waals surface area contributed by atoms with Gasteiger partial charge in [-0.3, -0.25) is 14.7 Å². The van der Waals surface area contributed by atoms with Gasteiger partial charge >= 0.3 is 6.18 Å². The number of amides is 2. The Balaban J connectivity index is 1.27. The number of nitrogens with zero attached hydrogens (tertiary/aromatic N) is 1. The fraction of sp³-hybridized carbons (Fsp3) is 0.500. The Morgan fingerprint density at radius 3 is 2.52 bits per heavy atom. The molecule has 3 N–H and O–H groups in total. The van der Waals surface area contributed by atoms with Gasteiger partial charge in [-0.1, -0.05) is 25.3 Å². The molecule has 0 atom stereocenters. The van der Waals surface area contributed by atoms with Gasteiger partial charge in [0.15, 0.2) is 0 Å². The molecule has 2 amide bonds. The van der Waals surface area contributed by atoms with Crippen molar-refractivity contribution in [1.29, 1.82) is 0 Å². The third-order valence-corrected chi connectivity index (χ3v) is 6.18. The van der Waals surface area contributed by atoms with E-state index in [0.29, 0.717) is 18.7 Å². The van der Waals surface area contributed by atoms with Crippen LogP contribution in [-0.4, -0.2) is 28.1 Å². The van der Waals surface area contributed by atoms with Crippen molar-refractivity contribution in [2.45, 2.75) is 63.1 Å². The summed E-state index contributed by atoms with van der Waals surface area (Å²) in [6.45, 7) is 0. The first-order chi connectivity index (χ1) is 14.8. The zero-order chi connectivity index (χ0) is 22.0. The van der Waals surface area contributed by atoms with Gasteiger partial charge in [-0.15, -0.1) is 0 Å². The smallest absolute Gasteiger partial charge is 0.349 e. The fourth-order valence-corrected chi connectivity index (χ4v) is 4.29. The van der Waals surface area contributed by atoms with Crippen molar-refractivity contribution in [3.05, 3.63) is 47.2 Å². The Kier molecular flexibility index (Phi) is 6.02. The van der Waals surface area contributed by atoms with E-state index in [1.807, 2.05) is 6.07 Å². The number of aromatic nitrogens is 2. The third-order valence-electron chi connectivity index (χ3n) is 6.18. The predicted octanol–water partition coefficient (Wildman–Crippen LogP) is 4.62. The van der Waals surface area contributed by atoms with Crippen LogP contribution < -0.4 is 10.6 Å². The van der Waals surface area contributed by atoms with Crippen molar-refractivity contribution < 1.29 is 22.8 Å². The molecule has 2 aliphatic rings. The van der Waals surface area contributed by atoms with Crippen molar-refractivity contribution in [2.24, 2.45) is 5.92 Å². The van der Waals surface area contributed by atoms with Gasteiger partial charge < -0.3 is 10.6 Å². The molecule has 1 heterocycles. The lowest BCUT2D eigenvalue weighted by atomic mass is 9.78. The Hall–Kier alpha value is -2.84. The number of nitrogens with one attached hydrogen (secondary N) is 3. The number of anilines is 1. The van der Waals surface area contributed by atoms with Gasteiger partial charge in [-0.25, -0.2) is 0 Å². The van der Waals surface area contributed by atoms with Gasteiger partial charge in [0.05, 0.1) is 11.3 Å². The monoisotopic (exact) mass is 434 g/mol. The first-order valence-electron chi connectivity index (χ1n) is 10.6. The Morgan fingerprint density at radius 1 is 1.06 bits per heavy atom. The maximum Gasteiger partial charge on any atom is 0.416 e. The van der Waals surface area contributed by atoms with Crippen LogP contribution in [0.5, 0.6) is 0 Å². The summed E-state index contributed by atoms with van der Waals surface area (Å²) in [5.41, 5.74) is -0.0415. The molecule has 0 saturated heterocycles. The number of hydrogen-bond donors (Lipinski definition) is 3. The number of alkyl halides is 3. The van der Waals surface area contributed by atoms with Crippen molar-refractivity contribution in [3.8, 4) is 0 Å². The van der Waals surface area contributed by atoms with Crippen LogP contribution >= 0.6 is 0 Å². The molecule has 2 aliphatic carbocycles. The Labute approximate surface area is 178 Å². The average molecular weight is 434 g/mol. The lowest BCUT2D eigenvalue weighted by molar-refractivity contribution is -0.137. The normalized spacial score (nSPS) is 21.9. The van der Waals surface area contributed by atoms with Gasteiger partial charge in [0.1, 0.15) is 5.82 Å². The number of benzene rings is 1. The van der Waals surface area contributed by atoms with E-state index in [2.05, 4.69) is 20.8 Å². The highest BCUT2D eigenvalue weighted by Crippen LogP contribution is 2.37. The lowest BCUT2D eigenvalue weighted by Crippen LogP contribution is -2.43. The summed E-state index contributed by atoms with van der Waals surface area (Å²) in [6.07, 6.45) is 2.00. The molecule has 1 aromatic carbocycles. The van der Waals surface area contributed by atoms with E-state index >= 15 is 0 Å². The molecular formula is C22H25F3N4O2. The number of H-pyrrole nitrogens is 1. The summed E-state index contributed by atoms with van der Waals surface area (Å²) in [5, 5.41) is 12.8. The second-order valence-corrected chi connectivity index (χ2v) is 8.45. The molecule has 2 aromatic rings. The minimum Gasteiger partial charge on any atom is -0.349 e. The van der Waals surface area contributed by atoms with Crippen LogP contribution in [-0.2, 0) is 11.0 Å². The average Bonchev–Trinajstić information content (AvgIpc) is 3.18. The van der Waals surface area contributed by atoms with E-state index in [4.69, 9.17) is 0 Å². The maximum atomic E-state index is 12.8. The predicted molar refractivity (Wildman–Crippen MR) is 108 cm³/mol. The van der Waals surface area contributed by atoms with Crippen LogP contribution in [0, 0.1) is 5.92 Å². The van der Waals surface area contributed by atoms with E-state index in [-0.39, 0.29) is 29.3 Å². The molecule has 0 bridgehead atoms. The molecule has 0 spiro atoms. The molecule has 6 nitrogen and oxygen atoms in total. The van der Waals surface area contributed by atoms with Gasteiger partial charge in [0.25, 0.3) is 5.91 Å². The molecule has 9 heteroatoms. The maximum absolute atomic E-state index is 12.8. The van der Waals surface area contributed by atoms with Crippen LogP contribution in [0.3, 0.4) is 0 Å². The van der Waals surface area contributed by atoms with Gasteiger partial charge in [-0.2, -0.15) is 18.3 Å². The minimum atomic E-state index is -4.48. The fourth-order valence-electron chi connectivity index (χ4n) is 4.29. The molecule has 2 saturated carbocycles. The van der Waals surface area contributed by atoms with Crippen molar-refractivity contribution in [1.82, 2.24) is 15.5 Å². The summed E-state index contributed by atoms with van der Waals surface area (Å²) in [4.78, 5) is 24.6. The highest BCUT2D eigenvalue weighted by Gasteiger charge is 2.34. The van der Waals surface area contributed by atoms with Crippen molar-refractivity contribution in [2.75, 3.05) is 5.32 Å². The molecule has 2 fully saturated rings. The van der Waals surface area contributed by atoms with E-state index in [9.17, 15) is 22.8 Å². The number of halogens is 3. The number of rotatable bonds is 5. The third kappa shape index (κ3) is 5.08. The first kappa shape index (κ1) is 21.4. The SMILES string of the molecule is O=C(NC1CC(c2cc(NC(=O)C3CCCCC3)[nH]n2)C1)c1cccc(C(F)(F)F)c1. The van der Waals surface area contributed by atoms with E-state index < -0.39 is 17.6 Å². The highest BCUT2D eigenvalue weighted by atomic mass is 19.4. The number of hydrogen-bond acceptors (Lipinski definition) is 3. The molecular weight excluding hydrogens is 409 g/mol. The van der Waals surface area contributed by atoms with Gasteiger partial charge in [-0.05, 0) is 43.9 Å². The summed E-state index contributed by atoms with van der Waals surface area (Å²) < 4.78 is 38.5. The molecule has 1 aromatic heterocycles. The second kappa shape index (κ2) is 8.72. The molecule has 0 aliphatic heterocycles.